The molecule has 1 aromatic heterocycles. The lowest BCUT2D eigenvalue weighted by Gasteiger charge is -2.20. The summed E-state index contributed by atoms with van der Waals surface area (Å²) in [6.07, 6.45) is 3.91. The number of carbonyl (C=O) groups excluding carboxylic acids is 1. The van der Waals surface area contributed by atoms with Crippen molar-refractivity contribution < 1.29 is 19.0 Å². The van der Waals surface area contributed by atoms with E-state index in [-0.39, 0.29) is 5.91 Å². The van der Waals surface area contributed by atoms with Crippen LogP contribution >= 0.6 is 11.3 Å². The molecule has 0 fully saturated rings. The second kappa shape index (κ2) is 9.66. The fourth-order valence-electron chi connectivity index (χ4n) is 3.18. The summed E-state index contributed by atoms with van der Waals surface area (Å²) < 4.78 is 16.6. The number of rotatable bonds is 7. The van der Waals surface area contributed by atoms with Gasteiger partial charge in [-0.1, -0.05) is 29.8 Å². The van der Waals surface area contributed by atoms with Crippen LogP contribution in [0.3, 0.4) is 0 Å². The smallest absolute Gasteiger partial charge is 0.244 e. The molecule has 1 aliphatic rings. The third kappa shape index (κ3) is 5.24. The van der Waals surface area contributed by atoms with Crippen molar-refractivity contribution in [1.82, 2.24) is 10.3 Å². The lowest BCUT2D eigenvalue weighted by molar-refractivity contribution is -0.116. The van der Waals surface area contributed by atoms with E-state index in [1.54, 1.807) is 24.5 Å². The topological polar surface area (TPSA) is 69.7 Å². The number of aryl methyl sites for hydroxylation is 1. The first-order valence-electron chi connectivity index (χ1n) is 10.1. The fourth-order valence-corrected chi connectivity index (χ4v) is 4.05. The Hall–Kier alpha value is -3.32. The Morgan fingerprint density at radius 3 is 2.84 bits per heavy atom. The van der Waals surface area contributed by atoms with Crippen molar-refractivity contribution in [3.8, 4) is 27.8 Å². The van der Waals surface area contributed by atoms with Gasteiger partial charge in [0.2, 0.25) is 11.7 Å². The molecule has 1 amide bonds. The SMILES string of the molecule is COc1cc(/C=C/C(=O)NCCc2csc(-c3ccc(C)cc3)n2)cc2c1OCCO2. The molecule has 2 heterocycles. The van der Waals surface area contributed by atoms with Gasteiger partial charge in [-0.05, 0) is 30.7 Å². The molecule has 6 nitrogen and oxygen atoms in total. The molecule has 0 saturated carbocycles. The summed E-state index contributed by atoms with van der Waals surface area (Å²) in [6.45, 7) is 3.57. The Balaban J connectivity index is 1.31. The summed E-state index contributed by atoms with van der Waals surface area (Å²) in [7, 11) is 1.58. The Morgan fingerprint density at radius 1 is 1.23 bits per heavy atom. The summed E-state index contributed by atoms with van der Waals surface area (Å²) in [5.41, 5.74) is 4.12. The number of hydrogen-bond donors (Lipinski definition) is 1. The van der Waals surface area contributed by atoms with Gasteiger partial charge in [0, 0.05) is 30.0 Å². The van der Waals surface area contributed by atoms with Crippen LogP contribution in [0, 0.1) is 6.92 Å². The molecule has 160 valence electrons. The number of fused-ring (bicyclic) bond motifs is 1. The van der Waals surface area contributed by atoms with Crippen molar-refractivity contribution in [2.45, 2.75) is 13.3 Å². The molecule has 1 aliphatic heterocycles. The second-order valence-corrected chi connectivity index (χ2v) is 7.99. The Labute approximate surface area is 185 Å². The number of methoxy groups -OCH3 is 1. The zero-order valence-corrected chi connectivity index (χ0v) is 18.3. The van der Waals surface area contributed by atoms with E-state index in [1.165, 1.54) is 11.6 Å². The molecule has 0 radical (unpaired) electrons. The van der Waals surface area contributed by atoms with Crippen molar-refractivity contribution >= 4 is 23.3 Å². The quantitative estimate of drug-likeness (QED) is 0.560. The van der Waals surface area contributed by atoms with E-state index in [4.69, 9.17) is 14.2 Å². The molecule has 3 aromatic rings. The molecule has 7 heteroatoms. The first-order chi connectivity index (χ1) is 15.1. The van der Waals surface area contributed by atoms with Crippen LogP contribution in [0.5, 0.6) is 17.2 Å². The second-order valence-electron chi connectivity index (χ2n) is 7.13. The van der Waals surface area contributed by atoms with Crippen molar-refractivity contribution in [3.05, 3.63) is 64.7 Å². The van der Waals surface area contributed by atoms with Crippen molar-refractivity contribution in [2.75, 3.05) is 26.9 Å². The average molecular weight is 437 g/mol. The lowest BCUT2D eigenvalue weighted by atomic mass is 10.1. The number of aromatic nitrogens is 1. The normalized spacial score (nSPS) is 12.7. The Bertz CT molecular complexity index is 1070. The largest absolute Gasteiger partial charge is 0.493 e. The van der Waals surface area contributed by atoms with Crippen molar-refractivity contribution in [3.63, 3.8) is 0 Å². The summed E-state index contributed by atoms with van der Waals surface area (Å²) in [5, 5.41) is 5.94. The molecule has 0 saturated heterocycles. The highest BCUT2D eigenvalue weighted by atomic mass is 32.1. The Kier molecular flexibility index (Phi) is 6.52. The highest BCUT2D eigenvalue weighted by Crippen LogP contribution is 2.40. The van der Waals surface area contributed by atoms with E-state index in [1.807, 2.05) is 17.5 Å². The maximum atomic E-state index is 12.2. The standard InChI is InChI=1S/C24H24N2O4S/c1-16-3-6-18(7-4-16)24-26-19(15-31-24)9-10-25-22(27)8-5-17-13-20(28-2)23-21(14-17)29-11-12-30-23/h3-8,13-15H,9-12H2,1-2H3,(H,25,27)/b8-5+. The lowest BCUT2D eigenvalue weighted by Crippen LogP contribution is -2.23. The first-order valence-corrected chi connectivity index (χ1v) is 11.0. The molecule has 4 rings (SSSR count). The highest BCUT2D eigenvalue weighted by molar-refractivity contribution is 7.13. The number of ether oxygens (including phenoxy) is 3. The van der Waals surface area contributed by atoms with Crippen LogP contribution in [-0.2, 0) is 11.2 Å². The predicted octanol–water partition coefficient (Wildman–Crippen LogP) is 4.27. The van der Waals surface area contributed by atoms with Gasteiger partial charge in [-0.3, -0.25) is 4.79 Å². The molecule has 0 atom stereocenters. The number of thiazole rings is 1. The summed E-state index contributed by atoms with van der Waals surface area (Å²) >= 11 is 1.62. The third-order valence-corrected chi connectivity index (χ3v) is 5.75. The molecule has 2 aromatic carbocycles. The minimum Gasteiger partial charge on any atom is -0.493 e. The molecule has 0 spiro atoms. The van der Waals surface area contributed by atoms with Gasteiger partial charge in [0.15, 0.2) is 11.5 Å². The molecule has 0 bridgehead atoms. The molecule has 1 N–H and O–H groups in total. The number of benzene rings is 2. The highest BCUT2D eigenvalue weighted by Gasteiger charge is 2.17. The van der Waals surface area contributed by atoms with Crippen LogP contribution in [0.1, 0.15) is 16.8 Å². The van der Waals surface area contributed by atoms with E-state index >= 15 is 0 Å². The molecule has 0 unspecified atom stereocenters. The summed E-state index contributed by atoms with van der Waals surface area (Å²) in [4.78, 5) is 16.9. The third-order valence-electron chi connectivity index (χ3n) is 4.81. The number of carbonyl (C=O) groups is 1. The van der Waals surface area contributed by atoms with Crippen LogP contribution in [0.25, 0.3) is 16.6 Å². The van der Waals surface area contributed by atoms with Gasteiger partial charge in [-0.2, -0.15) is 0 Å². The minimum atomic E-state index is -0.164. The molecular formula is C24H24N2O4S. The van der Waals surface area contributed by atoms with Gasteiger partial charge in [0.1, 0.15) is 18.2 Å². The van der Waals surface area contributed by atoms with E-state index in [2.05, 4.69) is 41.5 Å². The van der Waals surface area contributed by atoms with Crippen molar-refractivity contribution in [2.24, 2.45) is 0 Å². The summed E-state index contributed by atoms with van der Waals surface area (Å²) in [6, 6.07) is 12.0. The maximum absolute atomic E-state index is 12.2. The first kappa shape index (κ1) is 20.9. The zero-order valence-electron chi connectivity index (χ0n) is 17.5. The number of hydrogen-bond acceptors (Lipinski definition) is 6. The van der Waals surface area contributed by atoms with Gasteiger partial charge in [0.05, 0.1) is 12.8 Å². The number of amides is 1. The summed E-state index contributed by atoms with van der Waals surface area (Å²) in [5.74, 6) is 1.65. The fraction of sp³-hybridized carbons (Fsp3) is 0.250. The van der Waals surface area contributed by atoms with E-state index in [0.717, 1.165) is 21.8 Å². The van der Waals surface area contributed by atoms with Gasteiger partial charge in [-0.25, -0.2) is 4.98 Å². The monoisotopic (exact) mass is 436 g/mol. The van der Waals surface area contributed by atoms with Gasteiger partial charge >= 0.3 is 0 Å². The Morgan fingerprint density at radius 2 is 2.03 bits per heavy atom. The van der Waals surface area contributed by atoms with E-state index < -0.39 is 0 Å². The van der Waals surface area contributed by atoms with Gasteiger partial charge in [-0.15, -0.1) is 11.3 Å². The van der Waals surface area contributed by atoms with Crippen LogP contribution < -0.4 is 19.5 Å². The van der Waals surface area contributed by atoms with Crippen LogP contribution in [0.15, 0.2) is 47.9 Å². The molecule has 0 aliphatic carbocycles. The molecular weight excluding hydrogens is 412 g/mol. The number of nitrogens with zero attached hydrogens (tertiary/aromatic N) is 1. The van der Waals surface area contributed by atoms with Crippen LogP contribution in [0.4, 0.5) is 0 Å². The minimum absolute atomic E-state index is 0.164. The zero-order chi connectivity index (χ0) is 21.6. The van der Waals surface area contributed by atoms with Crippen molar-refractivity contribution in [1.29, 1.82) is 0 Å². The van der Waals surface area contributed by atoms with Crippen LogP contribution in [-0.4, -0.2) is 37.8 Å². The van der Waals surface area contributed by atoms with Gasteiger partial charge in [0.25, 0.3) is 0 Å². The van der Waals surface area contributed by atoms with Gasteiger partial charge < -0.3 is 19.5 Å². The van der Waals surface area contributed by atoms with E-state index in [0.29, 0.717) is 43.4 Å². The van der Waals surface area contributed by atoms with E-state index in [9.17, 15) is 4.79 Å². The predicted molar refractivity (Wildman–Crippen MR) is 122 cm³/mol. The average Bonchev–Trinajstić information content (AvgIpc) is 3.26. The van der Waals surface area contributed by atoms with Crippen LogP contribution in [0.2, 0.25) is 0 Å². The number of nitrogens with one attached hydrogen (secondary N) is 1. The maximum Gasteiger partial charge on any atom is 0.244 e. The molecule has 31 heavy (non-hydrogen) atoms.